The van der Waals surface area contributed by atoms with Crippen LogP contribution in [0.3, 0.4) is 0 Å². The molecule has 0 saturated heterocycles. The zero-order chi connectivity index (χ0) is 4.28. The van der Waals surface area contributed by atoms with Gasteiger partial charge in [0.15, 0.2) is 0 Å². The van der Waals surface area contributed by atoms with Gasteiger partial charge in [-0.05, 0) is 0 Å². The molecule has 0 aliphatic carbocycles. The molecule has 0 rings (SSSR count). The van der Waals surface area contributed by atoms with Crippen molar-refractivity contribution in [2.24, 2.45) is 0 Å². The van der Waals surface area contributed by atoms with Crippen LogP contribution in [0, 0.1) is 0 Å². The summed E-state index contributed by atoms with van der Waals surface area (Å²) in [6.45, 7) is 0. The molecule has 0 bridgehead atoms. The van der Waals surface area contributed by atoms with Crippen LogP contribution in [0.2, 0.25) is 0 Å². The van der Waals surface area contributed by atoms with E-state index >= 15 is 0 Å². The van der Waals surface area contributed by atoms with Crippen LogP contribution in [0.25, 0.3) is 0 Å². The van der Waals surface area contributed by atoms with E-state index < -0.39 is 6.43 Å². The second kappa shape index (κ2) is 2.45. The summed E-state index contributed by atoms with van der Waals surface area (Å²) in [6.07, 6.45) is -2.25. The Kier molecular flexibility index (Phi) is 2.55. The molecule has 3 heteroatoms. The van der Waals surface area contributed by atoms with Crippen molar-refractivity contribution in [1.82, 2.24) is 0 Å². The number of hydrogen-bond acceptors (Lipinski definition) is 1. The van der Waals surface area contributed by atoms with Crippen molar-refractivity contribution in [3.05, 3.63) is 0 Å². The van der Waals surface area contributed by atoms with Crippen LogP contribution in [0.1, 0.15) is 0 Å². The lowest BCUT2D eigenvalue weighted by molar-refractivity contribution is 0.177. The molecule has 0 aromatic heterocycles. The zero-order valence-electron chi connectivity index (χ0n) is 2.49. The van der Waals surface area contributed by atoms with Gasteiger partial charge < -0.3 is 0 Å². The molecule has 0 aliphatic heterocycles. The Hall–Kier alpha value is 0.210. The molecule has 5 heavy (non-hydrogen) atoms. The molecule has 0 fully saturated rings. The summed E-state index contributed by atoms with van der Waals surface area (Å²) in [4.78, 5) is 0. The van der Waals surface area contributed by atoms with Crippen molar-refractivity contribution in [3.63, 3.8) is 0 Å². The lowest BCUT2D eigenvalue weighted by Crippen LogP contribution is -1.87. The van der Waals surface area contributed by atoms with Gasteiger partial charge in [-0.1, -0.05) is 0 Å². The highest BCUT2D eigenvalue weighted by molar-refractivity contribution is 7.80. The Morgan fingerprint density at radius 2 is 1.80 bits per heavy atom. The highest BCUT2D eigenvalue weighted by Gasteiger charge is 1.91. The lowest BCUT2D eigenvalue weighted by Gasteiger charge is -1.81. The Morgan fingerprint density at radius 3 is 1.80 bits per heavy atom. The number of rotatable bonds is 1. The normalized spacial score (nSPS) is 9.60. The molecule has 0 nitrogen and oxygen atoms in total. The molecule has 0 saturated carbocycles. The second-order valence-electron chi connectivity index (χ2n) is 0.574. The van der Waals surface area contributed by atoms with Crippen molar-refractivity contribution in [2.45, 2.75) is 6.43 Å². The summed E-state index contributed by atoms with van der Waals surface area (Å²) in [5.74, 6) is -0.333. The highest BCUT2D eigenvalue weighted by Crippen LogP contribution is 1.91. The van der Waals surface area contributed by atoms with Gasteiger partial charge in [0, 0.05) is 0 Å². The first kappa shape index (κ1) is 5.21. The molecule has 0 unspecified atom stereocenters. The van der Waals surface area contributed by atoms with Gasteiger partial charge in [0.1, 0.15) is 0 Å². The number of hydrogen-bond donors (Lipinski definition) is 1. The number of alkyl halides is 2. The summed E-state index contributed by atoms with van der Waals surface area (Å²) in [7, 11) is 0. The van der Waals surface area contributed by atoms with Gasteiger partial charge in [0.2, 0.25) is 6.43 Å². The Labute approximate surface area is 34.6 Å². The van der Waals surface area contributed by atoms with E-state index in [9.17, 15) is 8.78 Å². The van der Waals surface area contributed by atoms with Gasteiger partial charge in [0.25, 0.3) is 0 Å². The van der Waals surface area contributed by atoms with E-state index in [4.69, 9.17) is 0 Å². The molecule has 0 amide bonds. The van der Waals surface area contributed by atoms with Gasteiger partial charge in [0.05, 0.1) is 5.75 Å². The fourth-order valence-corrected chi connectivity index (χ4v) is 0. The topological polar surface area (TPSA) is 0 Å². The minimum atomic E-state index is -2.25. The molecule has 0 radical (unpaired) electrons. The molecule has 0 aromatic carbocycles. The third kappa shape index (κ3) is 4.21. The van der Waals surface area contributed by atoms with Crippen LogP contribution < -0.4 is 0 Å². The zero-order valence-corrected chi connectivity index (χ0v) is 3.38. The molecule has 0 N–H and O–H groups in total. The van der Waals surface area contributed by atoms with E-state index in [-0.39, 0.29) is 5.75 Å². The van der Waals surface area contributed by atoms with E-state index in [1.165, 1.54) is 0 Å². The highest BCUT2D eigenvalue weighted by atomic mass is 32.1. The molecular formula is C2H4F2S. The van der Waals surface area contributed by atoms with Crippen molar-refractivity contribution in [2.75, 3.05) is 5.75 Å². The lowest BCUT2D eigenvalue weighted by atomic mass is 10.9. The van der Waals surface area contributed by atoms with E-state index in [0.717, 1.165) is 0 Å². The van der Waals surface area contributed by atoms with E-state index in [1.54, 1.807) is 0 Å². The van der Waals surface area contributed by atoms with Crippen LogP contribution in [0.4, 0.5) is 8.78 Å². The van der Waals surface area contributed by atoms with Gasteiger partial charge in [-0.25, -0.2) is 8.78 Å². The van der Waals surface area contributed by atoms with Gasteiger partial charge in [-0.3, -0.25) is 0 Å². The third-order valence-electron chi connectivity index (χ3n) is 0.138. The van der Waals surface area contributed by atoms with Gasteiger partial charge in [-0.15, -0.1) is 0 Å². The smallest absolute Gasteiger partial charge is 0.210 e. The fraction of sp³-hybridized carbons (Fsp3) is 1.00. The Morgan fingerprint density at radius 1 is 1.60 bits per heavy atom. The Balaban J connectivity index is 2.54. The summed E-state index contributed by atoms with van der Waals surface area (Å²) in [6, 6.07) is 0. The number of thiol groups is 1. The fourth-order valence-electron chi connectivity index (χ4n) is 0. The first-order chi connectivity index (χ1) is 2.27. The van der Waals surface area contributed by atoms with E-state index in [1.807, 2.05) is 0 Å². The summed E-state index contributed by atoms with van der Waals surface area (Å²) in [5.41, 5.74) is 0. The maximum Gasteiger partial charge on any atom is 0.247 e. The maximum atomic E-state index is 10.7. The molecule has 0 aliphatic rings. The average Bonchev–Trinajstić information content (AvgIpc) is 1.38. The summed E-state index contributed by atoms with van der Waals surface area (Å²) >= 11 is 3.27. The minimum Gasteiger partial charge on any atom is -0.210 e. The molecule has 32 valence electrons. The molecule has 0 heterocycles. The molecule has 0 aromatic rings. The average molecular weight is 98.1 g/mol. The quantitative estimate of drug-likeness (QED) is 0.468. The summed E-state index contributed by atoms with van der Waals surface area (Å²) in [5, 5.41) is 0. The molecule has 0 atom stereocenters. The van der Waals surface area contributed by atoms with Gasteiger partial charge >= 0.3 is 0 Å². The second-order valence-corrected chi connectivity index (χ2v) is 0.939. The van der Waals surface area contributed by atoms with E-state index in [0.29, 0.717) is 0 Å². The monoisotopic (exact) mass is 98.0 g/mol. The van der Waals surface area contributed by atoms with Crippen LogP contribution in [-0.4, -0.2) is 12.2 Å². The summed E-state index contributed by atoms with van der Waals surface area (Å²) < 4.78 is 21.4. The number of halogens is 2. The maximum absolute atomic E-state index is 10.7. The first-order valence-electron chi connectivity index (χ1n) is 1.16. The third-order valence-corrected chi connectivity index (χ3v) is 0.414. The van der Waals surface area contributed by atoms with Crippen LogP contribution in [-0.2, 0) is 0 Å². The van der Waals surface area contributed by atoms with Crippen molar-refractivity contribution < 1.29 is 8.78 Å². The molecule has 0 spiro atoms. The van der Waals surface area contributed by atoms with Crippen LogP contribution in [0.15, 0.2) is 0 Å². The standard InChI is InChI=1S/C2H4F2S/c3-2(4)1-5/h2,5H,1H2. The predicted molar refractivity (Wildman–Crippen MR) is 19.9 cm³/mol. The largest absolute Gasteiger partial charge is 0.247 e. The van der Waals surface area contributed by atoms with Gasteiger partial charge in [-0.2, -0.15) is 12.6 Å². The Bertz CT molecular complexity index is 21.6. The van der Waals surface area contributed by atoms with Crippen molar-refractivity contribution in [1.29, 1.82) is 0 Å². The van der Waals surface area contributed by atoms with Crippen molar-refractivity contribution in [3.8, 4) is 0 Å². The minimum absolute atomic E-state index is 0.333. The molecular weight excluding hydrogens is 94.1 g/mol. The van der Waals surface area contributed by atoms with E-state index in [2.05, 4.69) is 12.6 Å². The predicted octanol–water partition coefficient (Wildman–Crippen LogP) is 1.18. The van der Waals surface area contributed by atoms with Crippen LogP contribution >= 0.6 is 12.6 Å². The SMILES string of the molecule is FC(F)CS. The van der Waals surface area contributed by atoms with Crippen LogP contribution in [0.5, 0.6) is 0 Å². The van der Waals surface area contributed by atoms with Crippen molar-refractivity contribution >= 4 is 12.6 Å². The first-order valence-corrected chi connectivity index (χ1v) is 1.79.